The zero-order valence-electron chi connectivity index (χ0n) is 24.9. The third-order valence-electron chi connectivity index (χ3n) is 8.80. The van der Waals surface area contributed by atoms with E-state index in [0.717, 1.165) is 19.3 Å². The van der Waals surface area contributed by atoms with Crippen LogP contribution in [0.2, 0.25) is 5.02 Å². The lowest BCUT2D eigenvalue weighted by Crippen LogP contribution is -2.30. The number of anilines is 1. The van der Waals surface area contributed by atoms with Gasteiger partial charge in [0.05, 0.1) is 46.4 Å². The van der Waals surface area contributed by atoms with E-state index in [4.69, 9.17) is 26.1 Å². The van der Waals surface area contributed by atoms with Crippen molar-refractivity contribution in [3.63, 3.8) is 0 Å². The number of aryl methyl sites for hydroxylation is 1. The molecule has 1 aromatic heterocycles. The molecule has 2 fully saturated rings. The second-order valence-corrected chi connectivity index (χ2v) is 12.9. The molecule has 2 heterocycles. The van der Waals surface area contributed by atoms with E-state index < -0.39 is 12.6 Å². The Morgan fingerprint density at radius 2 is 1.69 bits per heavy atom. The number of halogens is 2. The van der Waals surface area contributed by atoms with Crippen molar-refractivity contribution in [1.82, 2.24) is 4.98 Å². The predicted molar refractivity (Wildman–Crippen MR) is 175 cm³/mol. The molecule has 0 radical (unpaired) electrons. The van der Waals surface area contributed by atoms with E-state index in [1.807, 2.05) is 6.92 Å². The number of hydrogen-bond acceptors (Lipinski definition) is 7. The summed E-state index contributed by atoms with van der Waals surface area (Å²) in [6.07, 6.45) is 2.41. The Labute approximate surface area is 273 Å². The lowest BCUT2D eigenvalue weighted by Gasteiger charge is -2.25. The van der Waals surface area contributed by atoms with Crippen LogP contribution in [0.4, 0.5) is 5.69 Å². The molecule has 6 rings (SSSR count). The summed E-state index contributed by atoms with van der Waals surface area (Å²) in [6.45, 7) is 3.48. The Balaban J connectivity index is 1.31. The van der Waals surface area contributed by atoms with Gasteiger partial charge in [-0.2, -0.15) is 0 Å². The summed E-state index contributed by atoms with van der Waals surface area (Å²) >= 11 is 9.99. The maximum atomic E-state index is 13.5. The molecule has 2 aliphatic rings. The van der Waals surface area contributed by atoms with Crippen LogP contribution in [0.25, 0.3) is 22.2 Å². The SMILES string of the molecule is COc1ccc(C(=O)COC(=O)c2cc(-c3ccc(N4C(=O)C5CCC(C)CC5C4=O)cc3)nc3c(C)c(Cl)c(Br)cc23)cc1. The number of esters is 1. The van der Waals surface area contributed by atoms with Gasteiger partial charge in [-0.1, -0.05) is 30.7 Å². The highest BCUT2D eigenvalue weighted by molar-refractivity contribution is 9.10. The number of nitrogens with zero attached hydrogens (tertiary/aromatic N) is 2. The van der Waals surface area contributed by atoms with Gasteiger partial charge in [0.2, 0.25) is 11.8 Å². The first-order chi connectivity index (χ1) is 21.6. The number of methoxy groups -OCH3 is 1. The average molecular weight is 690 g/mol. The van der Waals surface area contributed by atoms with Gasteiger partial charge in [-0.05, 0) is 102 Å². The summed E-state index contributed by atoms with van der Waals surface area (Å²) in [4.78, 5) is 58.8. The number of imide groups is 1. The molecular weight excluding hydrogens is 660 g/mol. The van der Waals surface area contributed by atoms with Gasteiger partial charge in [-0.3, -0.25) is 19.3 Å². The molecule has 1 aliphatic heterocycles. The molecule has 2 amide bonds. The fourth-order valence-electron chi connectivity index (χ4n) is 6.27. The van der Waals surface area contributed by atoms with Gasteiger partial charge in [-0.25, -0.2) is 9.78 Å². The minimum Gasteiger partial charge on any atom is -0.497 e. The highest BCUT2D eigenvalue weighted by Crippen LogP contribution is 2.42. The number of pyridine rings is 1. The van der Waals surface area contributed by atoms with E-state index in [-0.39, 0.29) is 35.0 Å². The van der Waals surface area contributed by atoms with Crippen molar-refractivity contribution in [3.8, 4) is 17.0 Å². The van der Waals surface area contributed by atoms with E-state index in [9.17, 15) is 19.2 Å². The molecule has 1 saturated heterocycles. The number of rotatable bonds is 7. The number of aromatic nitrogens is 1. The minimum absolute atomic E-state index is 0.140. The fourth-order valence-corrected chi connectivity index (χ4v) is 6.94. The standard InChI is InChI=1S/C35H30BrClN2O6/c1-18-4-13-24-26(14-18)34(42)39(33(24)41)22-9-5-20(6-10-22)29-16-27(25-15-28(36)31(37)19(2)32(25)38-29)35(43)45-17-30(40)21-7-11-23(44-3)12-8-21/h5-12,15-16,18,24,26H,4,13-14,17H2,1-3H3. The van der Waals surface area contributed by atoms with Crippen molar-refractivity contribution in [2.24, 2.45) is 17.8 Å². The molecule has 0 bridgehead atoms. The maximum absolute atomic E-state index is 13.5. The Hall–Kier alpha value is -4.08. The van der Waals surface area contributed by atoms with E-state index in [1.165, 1.54) is 12.0 Å². The van der Waals surface area contributed by atoms with Crippen LogP contribution in [0.1, 0.15) is 52.5 Å². The molecular formula is C35H30BrClN2O6. The lowest BCUT2D eigenvalue weighted by atomic mass is 9.76. The Bertz CT molecular complexity index is 1860. The first-order valence-electron chi connectivity index (χ1n) is 14.7. The van der Waals surface area contributed by atoms with Gasteiger partial charge >= 0.3 is 5.97 Å². The highest BCUT2D eigenvalue weighted by Gasteiger charge is 2.49. The van der Waals surface area contributed by atoms with Crippen LogP contribution in [-0.2, 0) is 14.3 Å². The number of carbonyl (C=O) groups is 4. The summed E-state index contributed by atoms with van der Waals surface area (Å²) in [6, 6.07) is 16.9. The van der Waals surface area contributed by atoms with E-state index in [2.05, 4.69) is 22.9 Å². The molecule has 1 aliphatic carbocycles. The van der Waals surface area contributed by atoms with Crippen molar-refractivity contribution < 1.29 is 28.7 Å². The second-order valence-electron chi connectivity index (χ2n) is 11.7. The molecule has 4 aromatic rings. The molecule has 230 valence electrons. The molecule has 1 saturated carbocycles. The number of benzene rings is 3. The van der Waals surface area contributed by atoms with Gasteiger partial charge in [-0.15, -0.1) is 0 Å². The monoisotopic (exact) mass is 688 g/mol. The summed E-state index contributed by atoms with van der Waals surface area (Å²) in [5.41, 5.74) is 3.40. The highest BCUT2D eigenvalue weighted by atomic mass is 79.9. The average Bonchev–Trinajstić information content (AvgIpc) is 3.30. The lowest BCUT2D eigenvalue weighted by molar-refractivity contribution is -0.122. The summed E-state index contributed by atoms with van der Waals surface area (Å²) in [5, 5.41) is 0.967. The molecule has 8 nitrogen and oxygen atoms in total. The summed E-state index contributed by atoms with van der Waals surface area (Å²) in [5.74, 6) is -0.826. The van der Waals surface area contributed by atoms with Gasteiger partial charge < -0.3 is 9.47 Å². The second kappa shape index (κ2) is 12.4. The first kappa shape index (κ1) is 30.9. The number of ketones is 1. The number of fused-ring (bicyclic) bond motifs is 2. The largest absolute Gasteiger partial charge is 0.497 e. The predicted octanol–water partition coefficient (Wildman–Crippen LogP) is 7.60. The Morgan fingerprint density at radius 1 is 1.00 bits per heavy atom. The zero-order chi connectivity index (χ0) is 32.0. The van der Waals surface area contributed by atoms with E-state index in [1.54, 1.807) is 60.7 Å². The minimum atomic E-state index is -0.694. The van der Waals surface area contributed by atoms with Crippen molar-refractivity contribution in [3.05, 3.63) is 86.8 Å². The van der Waals surface area contributed by atoms with Crippen molar-refractivity contribution in [2.75, 3.05) is 18.6 Å². The first-order valence-corrected chi connectivity index (χ1v) is 15.9. The van der Waals surface area contributed by atoms with E-state index >= 15 is 0 Å². The van der Waals surface area contributed by atoms with Crippen molar-refractivity contribution in [1.29, 1.82) is 0 Å². The number of amides is 2. The zero-order valence-corrected chi connectivity index (χ0v) is 27.3. The molecule has 0 spiro atoms. The van der Waals surface area contributed by atoms with Gasteiger partial charge in [0.15, 0.2) is 12.4 Å². The molecule has 0 N–H and O–H groups in total. The van der Waals surface area contributed by atoms with Crippen LogP contribution in [0.3, 0.4) is 0 Å². The Kier molecular flexibility index (Phi) is 8.50. The van der Waals surface area contributed by atoms with Crippen LogP contribution in [0.15, 0.2) is 65.1 Å². The molecule has 3 atom stereocenters. The Morgan fingerprint density at radius 3 is 2.38 bits per heavy atom. The van der Waals surface area contributed by atoms with Crippen molar-refractivity contribution >= 4 is 67.7 Å². The molecule has 3 aromatic carbocycles. The van der Waals surface area contributed by atoms with Crippen molar-refractivity contribution in [2.45, 2.75) is 33.1 Å². The molecule has 45 heavy (non-hydrogen) atoms. The maximum Gasteiger partial charge on any atom is 0.339 e. The number of Topliss-reactive ketones (excluding diaryl/α,β-unsaturated/α-hetero) is 1. The van der Waals surface area contributed by atoms with Gasteiger partial charge in [0.1, 0.15) is 5.75 Å². The number of carbonyl (C=O) groups excluding carboxylic acids is 4. The molecule has 10 heteroatoms. The van der Waals surface area contributed by atoms with Gasteiger partial charge in [0.25, 0.3) is 0 Å². The molecule has 3 unspecified atom stereocenters. The van der Waals surface area contributed by atoms with Crippen LogP contribution in [-0.4, -0.2) is 42.3 Å². The third kappa shape index (κ3) is 5.75. The smallest absolute Gasteiger partial charge is 0.339 e. The van der Waals surface area contributed by atoms with Gasteiger partial charge in [0, 0.05) is 21.0 Å². The van der Waals surface area contributed by atoms with Crippen LogP contribution < -0.4 is 9.64 Å². The summed E-state index contributed by atoms with van der Waals surface area (Å²) in [7, 11) is 1.54. The number of ether oxygens (including phenoxy) is 2. The van der Waals surface area contributed by atoms with E-state index in [0.29, 0.717) is 60.1 Å². The van der Waals surface area contributed by atoms with Crippen LogP contribution in [0, 0.1) is 24.7 Å². The van der Waals surface area contributed by atoms with Crippen LogP contribution in [0.5, 0.6) is 5.75 Å². The summed E-state index contributed by atoms with van der Waals surface area (Å²) < 4.78 is 11.2. The van der Waals surface area contributed by atoms with Crippen LogP contribution >= 0.6 is 27.5 Å². The fraction of sp³-hybridized carbons (Fsp3) is 0.286. The topological polar surface area (TPSA) is 103 Å². The quantitative estimate of drug-likeness (QED) is 0.112. The number of hydrogen-bond donors (Lipinski definition) is 0. The third-order valence-corrected chi connectivity index (χ3v) is 10.1. The normalized spacial score (nSPS) is 19.5.